The number of morpholine rings is 1. The van der Waals surface area contributed by atoms with E-state index in [2.05, 4.69) is 4.90 Å². The summed E-state index contributed by atoms with van der Waals surface area (Å²) in [7, 11) is 0. The molecule has 0 aliphatic carbocycles. The maximum Gasteiger partial charge on any atom is 0.289 e. The van der Waals surface area contributed by atoms with Gasteiger partial charge >= 0.3 is 0 Å². The zero-order valence-electron chi connectivity index (χ0n) is 15.8. The van der Waals surface area contributed by atoms with E-state index < -0.39 is 0 Å². The van der Waals surface area contributed by atoms with Gasteiger partial charge in [-0.3, -0.25) is 14.5 Å². The molecular formula is C21H25N3O4. The van der Waals surface area contributed by atoms with E-state index in [4.69, 9.17) is 9.15 Å². The van der Waals surface area contributed by atoms with Gasteiger partial charge in [-0.2, -0.15) is 0 Å². The van der Waals surface area contributed by atoms with Crippen molar-refractivity contribution in [1.82, 2.24) is 14.7 Å². The molecule has 3 heterocycles. The molecule has 1 aromatic carbocycles. The molecule has 0 bridgehead atoms. The van der Waals surface area contributed by atoms with Gasteiger partial charge in [-0.15, -0.1) is 0 Å². The van der Waals surface area contributed by atoms with Crippen LogP contribution < -0.4 is 0 Å². The Hall–Kier alpha value is -2.64. The molecule has 2 aliphatic heterocycles. The molecule has 2 aromatic rings. The van der Waals surface area contributed by atoms with E-state index in [9.17, 15) is 9.59 Å². The summed E-state index contributed by atoms with van der Waals surface area (Å²) >= 11 is 0. The minimum absolute atomic E-state index is 0.0968. The minimum atomic E-state index is -0.333. The van der Waals surface area contributed by atoms with Gasteiger partial charge in [0.15, 0.2) is 5.76 Å². The van der Waals surface area contributed by atoms with Crippen molar-refractivity contribution in [2.45, 2.75) is 6.04 Å². The maximum absolute atomic E-state index is 13.3. The van der Waals surface area contributed by atoms with Crippen LogP contribution in [0.2, 0.25) is 0 Å². The molecule has 0 unspecified atom stereocenters. The number of hydrogen-bond donors (Lipinski definition) is 0. The molecule has 2 aliphatic rings. The van der Waals surface area contributed by atoms with Crippen molar-refractivity contribution < 1.29 is 18.7 Å². The lowest BCUT2D eigenvalue weighted by molar-refractivity contribution is -0.142. The third-order valence-electron chi connectivity index (χ3n) is 5.37. The predicted molar refractivity (Wildman–Crippen MR) is 103 cm³/mol. The lowest BCUT2D eigenvalue weighted by Gasteiger charge is -2.40. The zero-order valence-corrected chi connectivity index (χ0v) is 15.8. The van der Waals surface area contributed by atoms with Gasteiger partial charge in [-0.05, 0) is 17.7 Å². The van der Waals surface area contributed by atoms with E-state index in [0.29, 0.717) is 58.2 Å². The third-order valence-corrected chi connectivity index (χ3v) is 5.37. The third kappa shape index (κ3) is 3.95. The van der Waals surface area contributed by atoms with Crippen LogP contribution in [0.15, 0.2) is 53.1 Å². The molecule has 7 heteroatoms. The first kappa shape index (κ1) is 18.7. The molecule has 7 nitrogen and oxygen atoms in total. The fourth-order valence-electron chi connectivity index (χ4n) is 3.84. The smallest absolute Gasteiger partial charge is 0.289 e. The van der Waals surface area contributed by atoms with Crippen LogP contribution in [0.3, 0.4) is 0 Å². The first-order chi connectivity index (χ1) is 13.7. The summed E-state index contributed by atoms with van der Waals surface area (Å²) in [6, 6.07) is 13.0. The molecule has 28 heavy (non-hydrogen) atoms. The first-order valence-corrected chi connectivity index (χ1v) is 9.72. The Kier molecular flexibility index (Phi) is 5.73. The molecule has 2 fully saturated rings. The van der Waals surface area contributed by atoms with Gasteiger partial charge in [0, 0.05) is 39.3 Å². The molecule has 0 radical (unpaired) electrons. The van der Waals surface area contributed by atoms with E-state index >= 15 is 0 Å². The molecule has 2 amide bonds. The van der Waals surface area contributed by atoms with E-state index in [1.54, 1.807) is 17.0 Å². The molecule has 0 saturated carbocycles. The summed E-state index contributed by atoms with van der Waals surface area (Å²) in [6.45, 7) is 4.83. The standard InChI is InChI=1S/C21H25N3O4/c25-20(18-7-4-14-28-18)23-10-8-22(9-11-23)19(17-5-2-1-3-6-17)21(26)24-12-15-27-16-13-24/h1-7,14,19H,8-13,15-16H2/t19-/m0/s1. The second-order valence-corrected chi connectivity index (χ2v) is 7.06. The van der Waals surface area contributed by atoms with Crippen LogP contribution in [-0.4, -0.2) is 79.0 Å². The minimum Gasteiger partial charge on any atom is -0.459 e. The highest BCUT2D eigenvalue weighted by atomic mass is 16.5. The number of ether oxygens (including phenoxy) is 1. The van der Waals surface area contributed by atoms with Crippen molar-refractivity contribution in [3.63, 3.8) is 0 Å². The van der Waals surface area contributed by atoms with Crippen molar-refractivity contribution in [2.75, 3.05) is 52.5 Å². The molecule has 2 saturated heterocycles. The summed E-state index contributed by atoms with van der Waals surface area (Å²) in [5.74, 6) is 0.373. The lowest BCUT2D eigenvalue weighted by Crippen LogP contribution is -2.54. The number of piperazine rings is 1. The number of carbonyl (C=O) groups is 2. The van der Waals surface area contributed by atoms with E-state index in [0.717, 1.165) is 5.56 Å². The van der Waals surface area contributed by atoms with E-state index in [-0.39, 0.29) is 17.9 Å². The van der Waals surface area contributed by atoms with Crippen LogP contribution >= 0.6 is 0 Å². The van der Waals surface area contributed by atoms with Gasteiger partial charge < -0.3 is 19.0 Å². The van der Waals surface area contributed by atoms with Crippen LogP contribution in [0.4, 0.5) is 0 Å². The summed E-state index contributed by atoms with van der Waals surface area (Å²) < 4.78 is 10.6. The SMILES string of the molecule is O=C(c1ccco1)N1CCN([C@H](C(=O)N2CCOCC2)c2ccccc2)CC1. The van der Waals surface area contributed by atoms with Crippen molar-refractivity contribution in [2.24, 2.45) is 0 Å². The highest BCUT2D eigenvalue weighted by Crippen LogP contribution is 2.25. The van der Waals surface area contributed by atoms with E-state index in [1.807, 2.05) is 35.2 Å². The van der Waals surface area contributed by atoms with Crippen molar-refractivity contribution in [1.29, 1.82) is 0 Å². The number of benzene rings is 1. The highest BCUT2D eigenvalue weighted by Gasteiger charge is 2.35. The Morgan fingerprint density at radius 2 is 1.54 bits per heavy atom. The van der Waals surface area contributed by atoms with Crippen molar-refractivity contribution >= 4 is 11.8 Å². The second-order valence-electron chi connectivity index (χ2n) is 7.06. The molecule has 148 valence electrons. The monoisotopic (exact) mass is 383 g/mol. The van der Waals surface area contributed by atoms with Crippen LogP contribution in [0.5, 0.6) is 0 Å². The molecule has 0 spiro atoms. The maximum atomic E-state index is 13.3. The summed E-state index contributed by atoms with van der Waals surface area (Å²) in [6.07, 6.45) is 1.51. The molecule has 1 aromatic heterocycles. The number of rotatable bonds is 4. The normalized spacial score (nSPS) is 19.4. The van der Waals surface area contributed by atoms with Crippen LogP contribution in [0.1, 0.15) is 22.2 Å². The average molecular weight is 383 g/mol. The summed E-state index contributed by atoms with van der Waals surface area (Å²) in [5, 5.41) is 0. The van der Waals surface area contributed by atoms with Crippen molar-refractivity contribution in [3.8, 4) is 0 Å². The Balaban J connectivity index is 1.48. The van der Waals surface area contributed by atoms with Gasteiger partial charge in [-0.1, -0.05) is 30.3 Å². The van der Waals surface area contributed by atoms with Gasteiger partial charge in [0.05, 0.1) is 19.5 Å². The van der Waals surface area contributed by atoms with Crippen LogP contribution in [0.25, 0.3) is 0 Å². The van der Waals surface area contributed by atoms with Gasteiger partial charge in [-0.25, -0.2) is 0 Å². The molecule has 0 N–H and O–H groups in total. The Morgan fingerprint density at radius 3 is 2.18 bits per heavy atom. The van der Waals surface area contributed by atoms with Gasteiger partial charge in [0.1, 0.15) is 6.04 Å². The van der Waals surface area contributed by atoms with Crippen molar-refractivity contribution in [3.05, 3.63) is 60.1 Å². The molecular weight excluding hydrogens is 358 g/mol. The molecule has 4 rings (SSSR count). The van der Waals surface area contributed by atoms with Gasteiger partial charge in [0.2, 0.25) is 5.91 Å². The zero-order chi connectivity index (χ0) is 19.3. The summed E-state index contributed by atoms with van der Waals surface area (Å²) in [5.41, 5.74) is 0.991. The Bertz CT molecular complexity index is 779. The Morgan fingerprint density at radius 1 is 0.821 bits per heavy atom. The lowest BCUT2D eigenvalue weighted by atomic mass is 10.0. The predicted octanol–water partition coefficient (Wildman–Crippen LogP) is 1.64. The number of amides is 2. The first-order valence-electron chi connectivity index (χ1n) is 9.72. The number of hydrogen-bond acceptors (Lipinski definition) is 5. The van der Waals surface area contributed by atoms with Crippen LogP contribution in [0, 0.1) is 0 Å². The average Bonchev–Trinajstić information content (AvgIpc) is 3.30. The number of carbonyl (C=O) groups excluding carboxylic acids is 2. The quantitative estimate of drug-likeness (QED) is 0.803. The fourth-order valence-corrected chi connectivity index (χ4v) is 3.84. The number of nitrogens with zero attached hydrogens (tertiary/aromatic N) is 3. The van der Waals surface area contributed by atoms with E-state index in [1.165, 1.54) is 6.26 Å². The second kappa shape index (κ2) is 8.58. The van der Waals surface area contributed by atoms with Crippen LogP contribution in [-0.2, 0) is 9.53 Å². The summed E-state index contributed by atoms with van der Waals surface area (Å²) in [4.78, 5) is 31.7. The number of furan rings is 1. The molecule has 1 atom stereocenters. The fraction of sp³-hybridized carbons (Fsp3) is 0.429. The Labute approximate surface area is 164 Å². The largest absolute Gasteiger partial charge is 0.459 e. The van der Waals surface area contributed by atoms with Gasteiger partial charge in [0.25, 0.3) is 5.91 Å². The highest BCUT2D eigenvalue weighted by molar-refractivity contribution is 5.91. The topological polar surface area (TPSA) is 66.2 Å².